The quantitative estimate of drug-likeness (QED) is 0.550. The highest BCUT2D eigenvalue weighted by Crippen LogP contribution is 2.33. The van der Waals surface area contributed by atoms with Crippen LogP contribution in [0.25, 0.3) is 10.9 Å². The molecule has 0 aliphatic heterocycles. The van der Waals surface area contributed by atoms with Gasteiger partial charge in [0.1, 0.15) is 0 Å². The van der Waals surface area contributed by atoms with Crippen LogP contribution in [-0.4, -0.2) is 9.78 Å². The van der Waals surface area contributed by atoms with Gasteiger partial charge in [-0.25, -0.2) is 0 Å². The molecule has 4 nitrogen and oxygen atoms in total. The Morgan fingerprint density at radius 1 is 1.43 bits per heavy atom. The van der Waals surface area contributed by atoms with E-state index in [1.807, 2.05) is 23.9 Å². The highest BCUT2D eigenvalue weighted by molar-refractivity contribution is 9.11. The third-order valence-electron chi connectivity index (χ3n) is 3.65. The maximum absolute atomic E-state index is 5.77. The molecule has 3 aromatic rings. The summed E-state index contributed by atoms with van der Waals surface area (Å²) in [7, 11) is 1.97. The molecule has 3 N–H and O–H groups in total. The number of nitrogens with one attached hydrogen (secondary N) is 1. The molecule has 0 saturated heterocycles. The van der Waals surface area contributed by atoms with Crippen molar-refractivity contribution in [2.75, 3.05) is 0 Å². The Balaban J connectivity index is 1.96. The van der Waals surface area contributed by atoms with Crippen LogP contribution in [0.3, 0.4) is 0 Å². The number of thiophene rings is 1. The number of benzene rings is 1. The third kappa shape index (κ3) is 2.76. The van der Waals surface area contributed by atoms with Gasteiger partial charge in [0, 0.05) is 23.7 Å². The molecule has 0 aliphatic carbocycles. The van der Waals surface area contributed by atoms with Crippen LogP contribution >= 0.6 is 27.3 Å². The molecule has 3 rings (SSSR count). The largest absolute Gasteiger partial charge is 0.271 e. The molecule has 6 heteroatoms. The average Bonchev–Trinajstić information content (AvgIpc) is 2.98. The molecule has 0 spiro atoms. The first kappa shape index (κ1) is 14.7. The first-order chi connectivity index (χ1) is 10.1. The summed E-state index contributed by atoms with van der Waals surface area (Å²) in [6, 6.07) is 10.5. The lowest BCUT2D eigenvalue weighted by atomic mass is 10.1. The zero-order valence-corrected chi connectivity index (χ0v) is 14.3. The molecule has 0 radical (unpaired) electrons. The Bertz CT molecular complexity index is 758. The number of aromatic nitrogens is 2. The van der Waals surface area contributed by atoms with Crippen LogP contribution in [0, 0.1) is 6.92 Å². The molecule has 0 fully saturated rings. The predicted octanol–water partition coefficient (Wildman–Crippen LogP) is 3.45. The van der Waals surface area contributed by atoms with Crippen molar-refractivity contribution in [2.24, 2.45) is 12.9 Å². The van der Waals surface area contributed by atoms with Gasteiger partial charge in [0.2, 0.25) is 0 Å². The molecule has 0 bridgehead atoms. The molecular weight excluding hydrogens is 348 g/mol. The smallest absolute Gasteiger partial charge is 0.0731 e. The molecule has 0 amide bonds. The summed E-state index contributed by atoms with van der Waals surface area (Å²) >= 11 is 5.29. The van der Waals surface area contributed by atoms with Crippen LogP contribution in [-0.2, 0) is 13.5 Å². The van der Waals surface area contributed by atoms with Gasteiger partial charge in [0.15, 0.2) is 0 Å². The van der Waals surface area contributed by atoms with Crippen molar-refractivity contribution < 1.29 is 0 Å². The number of nitrogens with two attached hydrogens (primary N) is 1. The summed E-state index contributed by atoms with van der Waals surface area (Å²) in [4.78, 5) is 1.22. The first-order valence-electron chi connectivity index (χ1n) is 6.72. The highest BCUT2D eigenvalue weighted by atomic mass is 79.9. The summed E-state index contributed by atoms with van der Waals surface area (Å²) < 4.78 is 3.08. The molecule has 2 heterocycles. The van der Waals surface area contributed by atoms with Crippen LogP contribution in [0.5, 0.6) is 0 Å². The number of nitrogens with zero attached hydrogens (tertiary/aromatic N) is 2. The lowest BCUT2D eigenvalue weighted by molar-refractivity contribution is 0.551. The van der Waals surface area contributed by atoms with Crippen molar-refractivity contribution in [1.82, 2.24) is 15.2 Å². The Morgan fingerprint density at radius 3 is 2.86 bits per heavy atom. The van der Waals surface area contributed by atoms with Crippen LogP contribution in [0.2, 0.25) is 0 Å². The summed E-state index contributed by atoms with van der Waals surface area (Å²) in [6.07, 6.45) is 0.768. The predicted molar refractivity (Wildman–Crippen MR) is 91.2 cm³/mol. The number of rotatable bonds is 4. The van der Waals surface area contributed by atoms with E-state index >= 15 is 0 Å². The van der Waals surface area contributed by atoms with Gasteiger partial charge in [-0.2, -0.15) is 5.10 Å². The number of halogens is 1. The molecular formula is C15H17BrN4S. The maximum Gasteiger partial charge on any atom is 0.0731 e. The van der Waals surface area contributed by atoms with Crippen molar-refractivity contribution in [3.05, 3.63) is 50.3 Å². The topological polar surface area (TPSA) is 55.9 Å². The van der Waals surface area contributed by atoms with Crippen molar-refractivity contribution in [1.29, 1.82) is 0 Å². The molecule has 1 aromatic carbocycles. The molecule has 110 valence electrons. The van der Waals surface area contributed by atoms with Crippen LogP contribution in [0.1, 0.15) is 22.2 Å². The van der Waals surface area contributed by atoms with E-state index in [1.165, 1.54) is 15.8 Å². The zero-order valence-electron chi connectivity index (χ0n) is 11.9. The monoisotopic (exact) mass is 364 g/mol. The van der Waals surface area contributed by atoms with Crippen molar-refractivity contribution in [2.45, 2.75) is 19.4 Å². The Kier molecular flexibility index (Phi) is 4.12. The molecule has 0 aliphatic rings. The van der Waals surface area contributed by atoms with Gasteiger partial charge in [0.05, 0.1) is 21.0 Å². The summed E-state index contributed by atoms with van der Waals surface area (Å²) in [5.74, 6) is 5.77. The summed E-state index contributed by atoms with van der Waals surface area (Å²) in [6.45, 7) is 2.09. The molecule has 21 heavy (non-hydrogen) atoms. The van der Waals surface area contributed by atoms with Gasteiger partial charge < -0.3 is 0 Å². The second-order valence-electron chi connectivity index (χ2n) is 5.12. The summed E-state index contributed by atoms with van der Waals surface area (Å²) in [5, 5.41) is 5.83. The minimum Gasteiger partial charge on any atom is -0.271 e. The Morgan fingerprint density at radius 2 is 2.19 bits per heavy atom. The minimum absolute atomic E-state index is 0.0679. The van der Waals surface area contributed by atoms with Crippen molar-refractivity contribution >= 4 is 38.2 Å². The zero-order chi connectivity index (χ0) is 15.0. The SMILES string of the molecule is Cc1cc(C(Cc2nn(C)c3ccccc23)NN)sc1Br. The molecule has 2 aromatic heterocycles. The number of hydrogen-bond acceptors (Lipinski definition) is 4. The van der Waals surface area contributed by atoms with Crippen molar-refractivity contribution in [3.63, 3.8) is 0 Å². The number of aryl methyl sites for hydroxylation is 2. The van der Waals surface area contributed by atoms with Crippen LogP contribution in [0.4, 0.5) is 0 Å². The van der Waals surface area contributed by atoms with Gasteiger partial charge in [-0.1, -0.05) is 18.2 Å². The van der Waals surface area contributed by atoms with Gasteiger partial charge >= 0.3 is 0 Å². The van der Waals surface area contributed by atoms with E-state index in [1.54, 1.807) is 11.3 Å². The fourth-order valence-electron chi connectivity index (χ4n) is 2.53. The van der Waals surface area contributed by atoms with E-state index < -0.39 is 0 Å². The fourth-order valence-corrected chi connectivity index (χ4v) is 4.16. The normalized spacial score (nSPS) is 13.0. The van der Waals surface area contributed by atoms with Gasteiger partial charge in [0.25, 0.3) is 0 Å². The van der Waals surface area contributed by atoms with E-state index in [0.29, 0.717) is 0 Å². The van der Waals surface area contributed by atoms with Crippen LogP contribution < -0.4 is 11.3 Å². The van der Waals surface area contributed by atoms with E-state index in [0.717, 1.165) is 21.4 Å². The minimum atomic E-state index is 0.0679. The number of hydrazine groups is 1. The first-order valence-corrected chi connectivity index (χ1v) is 8.33. The highest BCUT2D eigenvalue weighted by Gasteiger charge is 2.18. The van der Waals surface area contributed by atoms with E-state index in [-0.39, 0.29) is 6.04 Å². The number of para-hydroxylation sites is 1. The second-order valence-corrected chi connectivity index (χ2v) is 7.52. The number of fused-ring (bicyclic) bond motifs is 1. The lowest BCUT2D eigenvalue weighted by Gasteiger charge is -2.12. The van der Waals surface area contributed by atoms with Crippen molar-refractivity contribution in [3.8, 4) is 0 Å². The van der Waals surface area contributed by atoms with E-state index in [2.05, 4.69) is 51.6 Å². The standard InChI is InChI=1S/C15H17BrN4S/c1-9-7-14(21-15(9)16)12(18-17)8-11-10-5-3-4-6-13(10)20(2)19-11/h3-7,12,18H,8,17H2,1-2H3. The van der Waals surface area contributed by atoms with E-state index in [9.17, 15) is 0 Å². The van der Waals surface area contributed by atoms with Gasteiger partial charge in [-0.05, 0) is 40.5 Å². The van der Waals surface area contributed by atoms with E-state index in [4.69, 9.17) is 5.84 Å². The molecule has 0 saturated carbocycles. The lowest BCUT2D eigenvalue weighted by Crippen LogP contribution is -2.29. The fraction of sp³-hybridized carbons (Fsp3) is 0.267. The van der Waals surface area contributed by atoms with Crippen LogP contribution in [0.15, 0.2) is 34.1 Å². The third-order valence-corrected chi connectivity index (χ3v) is 5.90. The van der Waals surface area contributed by atoms with Gasteiger partial charge in [-0.3, -0.25) is 16.0 Å². The second kappa shape index (κ2) is 5.88. The van der Waals surface area contributed by atoms with Gasteiger partial charge in [-0.15, -0.1) is 11.3 Å². The Hall–Kier alpha value is -1.21. The average molecular weight is 365 g/mol. The summed E-state index contributed by atoms with van der Waals surface area (Å²) in [5.41, 5.74) is 6.37. The molecule has 1 atom stereocenters. The Labute approximate surface area is 136 Å². The molecule has 1 unspecified atom stereocenters. The number of hydrogen-bond donors (Lipinski definition) is 2. The maximum atomic E-state index is 5.77.